The number of benzene rings is 4. The Kier molecular flexibility index (Phi) is 12.6. The minimum Gasteiger partial charge on any atom is -0.330 e. The van der Waals surface area contributed by atoms with Crippen molar-refractivity contribution in [2.24, 2.45) is 17.2 Å². The molecule has 5 aromatic rings. The lowest BCUT2D eigenvalue weighted by Crippen LogP contribution is -2.28. The van der Waals surface area contributed by atoms with E-state index in [2.05, 4.69) is 102 Å². The minimum atomic E-state index is 0.716. The number of hydrogen-bond donors (Lipinski definition) is 3. The van der Waals surface area contributed by atoms with Crippen molar-refractivity contribution in [3.05, 3.63) is 96.1 Å². The second-order valence-electron chi connectivity index (χ2n) is 12.3. The van der Waals surface area contributed by atoms with Gasteiger partial charge >= 0.3 is 0 Å². The first-order valence-corrected chi connectivity index (χ1v) is 17.6. The highest BCUT2D eigenvalue weighted by Crippen LogP contribution is 2.38. The maximum atomic E-state index is 5.84. The zero-order valence-corrected chi connectivity index (χ0v) is 27.8. The van der Waals surface area contributed by atoms with Gasteiger partial charge in [0.15, 0.2) is 0 Å². The van der Waals surface area contributed by atoms with Crippen LogP contribution in [0.2, 0.25) is 0 Å². The lowest BCUT2D eigenvalue weighted by atomic mass is 9.98. The van der Waals surface area contributed by atoms with E-state index in [4.69, 9.17) is 17.2 Å². The summed E-state index contributed by atoms with van der Waals surface area (Å²) >= 11 is 1.88. The van der Waals surface area contributed by atoms with Gasteiger partial charge in [-0.3, -0.25) is 9.80 Å². The Morgan fingerprint density at radius 1 is 0.511 bits per heavy atom. The molecule has 0 aliphatic rings. The Labute approximate surface area is 274 Å². The number of rotatable bonds is 18. The van der Waals surface area contributed by atoms with Gasteiger partial charge in [-0.1, -0.05) is 61.9 Å². The van der Waals surface area contributed by atoms with Crippen molar-refractivity contribution in [3.63, 3.8) is 0 Å². The van der Waals surface area contributed by atoms with Crippen molar-refractivity contribution >= 4 is 31.5 Å². The lowest BCUT2D eigenvalue weighted by molar-refractivity contribution is 0.259. The van der Waals surface area contributed by atoms with Gasteiger partial charge < -0.3 is 17.2 Å². The zero-order chi connectivity index (χ0) is 31.4. The van der Waals surface area contributed by atoms with Crippen molar-refractivity contribution in [2.45, 2.75) is 52.1 Å². The Bertz CT molecular complexity index is 1510. The Balaban J connectivity index is 1.40. The molecular weight excluding hydrogens is 571 g/mol. The second-order valence-corrected chi connectivity index (χ2v) is 13.3. The second kappa shape index (κ2) is 17.0. The van der Waals surface area contributed by atoms with Crippen LogP contribution in [0.1, 0.15) is 50.2 Å². The fourth-order valence-electron chi connectivity index (χ4n) is 6.22. The van der Waals surface area contributed by atoms with Crippen LogP contribution in [0.4, 0.5) is 0 Å². The van der Waals surface area contributed by atoms with E-state index in [1.807, 2.05) is 11.3 Å². The topological polar surface area (TPSA) is 84.5 Å². The molecule has 6 heteroatoms. The van der Waals surface area contributed by atoms with E-state index in [1.54, 1.807) is 0 Å². The van der Waals surface area contributed by atoms with Crippen LogP contribution in [0.5, 0.6) is 0 Å². The molecule has 45 heavy (non-hydrogen) atoms. The van der Waals surface area contributed by atoms with E-state index in [1.165, 1.54) is 66.4 Å². The summed E-state index contributed by atoms with van der Waals surface area (Å²) in [6.07, 6.45) is 5.49. The highest BCUT2D eigenvalue weighted by Gasteiger charge is 2.12. The summed E-state index contributed by atoms with van der Waals surface area (Å²) in [4.78, 5) is 5.03. The molecular formula is C39H51N5S. The summed E-state index contributed by atoms with van der Waals surface area (Å²) < 4.78 is 2.66. The molecule has 5 rings (SSSR count). The summed E-state index contributed by atoms with van der Waals surface area (Å²) in [5.74, 6) is 0. The van der Waals surface area contributed by atoms with E-state index in [-0.39, 0.29) is 0 Å². The molecule has 0 atom stereocenters. The van der Waals surface area contributed by atoms with Crippen LogP contribution in [-0.2, 0) is 13.1 Å². The largest absolute Gasteiger partial charge is 0.330 e. The van der Waals surface area contributed by atoms with Gasteiger partial charge in [-0.15, -0.1) is 11.3 Å². The number of nitrogens with two attached hydrogens (primary N) is 3. The first-order chi connectivity index (χ1) is 22.1. The van der Waals surface area contributed by atoms with E-state index >= 15 is 0 Å². The molecule has 6 N–H and O–H groups in total. The molecule has 0 fully saturated rings. The van der Waals surface area contributed by atoms with Crippen molar-refractivity contribution in [2.75, 3.05) is 45.8 Å². The van der Waals surface area contributed by atoms with Gasteiger partial charge in [-0.25, -0.2) is 0 Å². The van der Waals surface area contributed by atoms with Gasteiger partial charge in [0, 0.05) is 33.3 Å². The summed E-state index contributed by atoms with van der Waals surface area (Å²) in [6.45, 7) is 10.5. The van der Waals surface area contributed by atoms with Crippen LogP contribution in [0.25, 0.3) is 42.4 Å². The fraction of sp³-hybridized carbons (Fsp3) is 0.385. The molecule has 1 heterocycles. The molecule has 0 saturated carbocycles. The van der Waals surface area contributed by atoms with E-state index in [9.17, 15) is 0 Å². The van der Waals surface area contributed by atoms with Crippen molar-refractivity contribution < 1.29 is 0 Å². The molecule has 238 valence electrons. The Hall–Kier alpha value is -3.10. The van der Waals surface area contributed by atoms with E-state index in [0.717, 1.165) is 65.1 Å². The molecule has 4 aromatic carbocycles. The summed E-state index contributed by atoms with van der Waals surface area (Å²) in [5, 5.41) is 2.66. The summed E-state index contributed by atoms with van der Waals surface area (Å²) in [6, 6.07) is 32.0. The smallest absolute Gasteiger partial charge is 0.0355 e. The quantitative estimate of drug-likeness (QED) is 0.0928. The third kappa shape index (κ3) is 9.01. The van der Waals surface area contributed by atoms with Gasteiger partial charge in [-0.05, 0) is 141 Å². The number of thiophene rings is 1. The van der Waals surface area contributed by atoms with Crippen LogP contribution >= 0.6 is 11.3 Å². The molecule has 1 aromatic heterocycles. The third-order valence-corrected chi connectivity index (χ3v) is 9.82. The highest BCUT2D eigenvalue weighted by atomic mass is 32.1. The van der Waals surface area contributed by atoms with E-state index < -0.39 is 0 Å². The molecule has 0 aliphatic carbocycles. The fourth-order valence-corrected chi connectivity index (χ4v) is 7.28. The van der Waals surface area contributed by atoms with Gasteiger partial charge in [0.25, 0.3) is 0 Å². The maximum absolute atomic E-state index is 5.84. The molecule has 0 unspecified atom stereocenters. The van der Waals surface area contributed by atoms with Gasteiger partial charge in [0.1, 0.15) is 0 Å². The standard InChI is InChI=1S/C39H51N5S/c1-2-3-20-43(21-6-17-40)28-30-9-4-11-32(24-30)34-13-15-38-36(26-34)37-27-35(14-16-39(37)45-38)33-12-5-10-31(25-33)29-44(22-7-18-41)23-8-19-42/h4-5,9-16,24-27H,2-3,6-8,17-23,28-29,40-42H2,1H3. The lowest BCUT2D eigenvalue weighted by Gasteiger charge is -2.22. The van der Waals surface area contributed by atoms with Crippen molar-refractivity contribution in [1.82, 2.24) is 9.80 Å². The number of nitrogens with zero attached hydrogens (tertiary/aromatic N) is 2. The third-order valence-electron chi connectivity index (χ3n) is 8.67. The summed E-state index contributed by atoms with van der Waals surface area (Å²) in [7, 11) is 0. The number of hydrogen-bond acceptors (Lipinski definition) is 6. The predicted molar refractivity (Wildman–Crippen MR) is 197 cm³/mol. The summed E-state index contributed by atoms with van der Waals surface area (Å²) in [5.41, 5.74) is 25.2. The van der Waals surface area contributed by atoms with Crippen molar-refractivity contribution in [1.29, 1.82) is 0 Å². The van der Waals surface area contributed by atoms with Gasteiger partial charge in [0.2, 0.25) is 0 Å². The number of unbranched alkanes of at least 4 members (excludes halogenated alkanes) is 1. The average molecular weight is 622 g/mol. The molecule has 0 saturated heterocycles. The number of fused-ring (bicyclic) bond motifs is 3. The maximum Gasteiger partial charge on any atom is 0.0355 e. The molecule has 0 bridgehead atoms. The predicted octanol–water partition coefficient (Wildman–Crippen LogP) is 7.84. The molecule has 0 radical (unpaired) electrons. The van der Waals surface area contributed by atoms with Crippen molar-refractivity contribution in [3.8, 4) is 22.3 Å². The highest BCUT2D eigenvalue weighted by molar-refractivity contribution is 7.25. The first kappa shape index (κ1) is 33.3. The normalized spacial score (nSPS) is 11.9. The Morgan fingerprint density at radius 2 is 0.933 bits per heavy atom. The zero-order valence-electron chi connectivity index (χ0n) is 27.0. The average Bonchev–Trinajstić information content (AvgIpc) is 3.44. The minimum absolute atomic E-state index is 0.716. The van der Waals surface area contributed by atoms with E-state index in [0.29, 0.717) is 13.1 Å². The first-order valence-electron chi connectivity index (χ1n) is 16.8. The van der Waals surface area contributed by atoms with Crippen LogP contribution in [0, 0.1) is 0 Å². The van der Waals surface area contributed by atoms with Gasteiger partial charge in [-0.2, -0.15) is 0 Å². The van der Waals surface area contributed by atoms with Crippen LogP contribution in [0.15, 0.2) is 84.9 Å². The SMILES string of the molecule is CCCCN(CCCN)Cc1cccc(-c2ccc3sc4ccc(-c5cccc(CN(CCCN)CCCN)c5)cc4c3c2)c1. The van der Waals surface area contributed by atoms with Gasteiger partial charge in [0.05, 0.1) is 0 Å². The van der Waals surface area contributed by atoms with Crippen LogP contribution < -0.4 is 17.2 Å². The Morgan fingerprint density at radius 3 is 1.36 bits per heavy atom. The molecule has 5 nitrogen and oxygen atoms in total. The molecule has 0 aliphatic heterocycles. The molecule has 0 spiro atoms. The van der Waals surface area contributed by atoms with Crippen LogP contribution in [0.3, 0.4) is 0 Å². The van der Waals surface area contributed by atoms with Crippen LogP contribution in [-0.4, -0.2) is 55.6 Å². The monoisotopic (exact) mass is 621 g/mol. The molecule has 0 amide bonds.